The summed E-state index contributed by atoms with van der Waals surface area (Å²) in [5, 5.41) is 6.11. The van der Waals surface area contributed by atoms with Crippen LogP contribution in [-0.4, -0.2) is 16.5 Å². The summed E-state index contributed by atoms with van der Waals surface area (Å²) in [7, 11) is 0. The van der Waals surface area contributed by atoms with Gasteiger partial charge in [-0.05, 0) is 29.8 Å². The van der Waals surface area contributed by atoms with E-state index in [1.807, 2.05) is 18.5 Å². The Kier molecular flexibility index (Phi) is 4.33. The van der Waals surface area contributed by atoms with Crippen LogP contribution in [-0.2, 0) is 6.54 Å². The maximum absolute atomic E-state index is 4.32. The Bertz CT molecular complexity index is 411. The van der Waals surface area contributed by atoms with Crippen molar-refractivity contribution in [1.29, 1.82) is 0 Å². The lowest BCUT2D eigenvalue weighted by molar-refractivity contribution is 0.716. The van der Waals surface area contributed by atoms with Crippen LogP contribution < -0.4 is 5.32 Å². The molecule has 2 rings (SSSR count). The molecule has 0 aromatic carbocycles. The van der Waals surface area contributed by atoms with E-state index in [4.69, 9.17) is 0 Å². The van der Waals surface area contributed by atoms with E-state index in [0.29, 0.717) is 0 Å². The van der Waals surface area contributed by atoms with Gasteiger partial charge in [0.05, 0.1) is 4.21 Å². The van der Waals surface area contributed by atoms with Gasteiger partial charge >= 0.3 is 0 Å². The van der Waals surface area contributed by atoms with Crippen molar-refractivity contribution in [2.45, 2.75) is 22.8 Å². The van der Waals surface area contributed by atoms with Gasteiger partial charge in [-0.2, -0.15) is 0 Å². The number of hydrogen-bond acceptors (Lipinski definition) is 5. The van der Waals surface area contributed by atoms with Crippen molar-refractivity contribution in [2.24, 2.45) is 0 Å². The minimum atomic E-state index is 0.808. The topological polar surface area (TPSA) is 37.8 Å². The average molecular weight is 251 g/mol. The fourth-order valence-electron chi connectivity index (χ4n) is 1.17. The summed E-state index contributed by atoms with van der Waals surface area (Å²) >= 11 is 3.31. The first-order valence-electron chi connectivity index (χ1n) is 5.11. The minimum absolute atomic E-state index is 0.808. The first kappa shape index (κ1) is 11.6. The van der Waals surface area contributed by atoms with Gasteiger partial charge in [-0.1, -0.05) is 13.0 Å². The van der Waals surface area contributed by atoms with Crippen molar-refractivity contribution in [3.05, 3.63) is 35.5 Å². The monoisotopic (exact) mass is 251 g/mol. The van der Waals surface area contributed by atoms with E-state index >= 15 is 0 Å². The summed E-state index contributed by atoms with van der Waals surface area (Å²) in [6.07, 6.45) is 3.76. The zero-order valence-corrected chi connectivity index (χ0v) is 10.6. The van der Waals surface area contributed by atoms with Crippen LogP contribution in [0.1, 0.15) is 12.5 Å². The second-order valence-corrected chi connectivity index (χ2v) is 5.40. The second-order valence-electron chi connectivity index (χ2n) is 3.19. The van der Waals surface area contributed by atoms with Crippen molar-refractivity contribution >= 4 is 23.1 Å². The van der Waals surface area contributed by atoms with E-state index in [0.717, 1.165) is 23.8 Å². The highest BCUT2D eigenvalue weighted by Gasteiger charge is 2.01. The number of hydrogen-bond donors (Lipinski definition) is 1. The lowest BCUT2D eigenvalue weighted by Crippen LogP contribution is -2.12. The van der Waals surface area contributed by atoms with E-state index in [1.165, 1.54) is 4.21 Å². The first-order chi connectivity index (χ1) is 7.88. The fourth-order valence-corrected chi connectivity index (χ4v) is 2.74. The minimum Gasteiger partial charge on any atom is -0.313 e. The molecule has 0 saturated heterocycles. The third-order valence-electron chi connectivity index (χ3n) is 1.95. The zero-order chi connectivity index (χ0) is 11.2. The molecule has 0 aliphatic rings. The van der Waals surface area contributed by atoms with Gasteiger partial charge in [-0.25, -0.2) is 9.97 Å². The van der Waals surface area contributed by atoms with Gasteiger partial charge < -0.3 is 5.32 Å². The molecule has 0 radical (unpaired) electrons. The van der Waals surface area contributed by atoms with Crippen LogP contribution in [0.3, 0.4) is 0 Å². The molecule has 0 fully saturated rings. The number of nitrogens with one attached hydrogen (secondary N) is 1. The molecule has 2 aromatic rings. The lowest BCUT2D eigenvalue weighted by Gasteiger charge is -2.01. The van der Waals surface area contributed by atoms with Crippen LogP contribution in [0.4, 0.5) is 0 Å². The van der Waals surface area contributed by atoms with Crippen LogP contribution >= 0.6 is 23.1 Å². The van der Waals surface area contributed by atoms with E-state index in [-0.39, 0.29) is 0 Å². The fraction of sp³-hybridized carbons (Fsp3) is 0.273. The first-order valence-corrected chi connectivity index (χ1v) is 6.81. The highest BCUT2D eigenvalue weighted by atomic mass is 32.2. The van der Waals surface area contributed by atoms with Gasteiger partial charge in [0.2, 0.25) is 0 Å². The van der Waals surface area contributed by atoms with Gasteiger partial charge in [0, 0.05) is 24.5 Å². The molecule has 16 heavy (non-hydrogen) atoms. The molecule has 2 aromatic heterocycles. The van der Waals surface area contributed by atoms with Gasteiger partial charge in [-0.3, -0.25) is 0 Å². The predicted molar refractivity (Wildman–Crippen MR) is 67.9 cm³/mol. The Labute approximate surface area is 103 Å². The second kappa shape index (κ2) is 5.98. The third kappa shape index (κ3) is 3.30. The third-order valence-corrected chi connectivity index (χ3v) is 3.88. The van der Waals surface area contributed by atoms with Crippen molar-refractivity contribution in [3.63, 3.8) is 0 Å². The number of nitrogens with zero attached hydrogens (tertiary/aromatic N) is 2. The van der Waals surface area contributed by atoms with Crippen LogP contribution in [0.25, 0.3) is 0 Å². The molecule has 0 saturated carbocycles. The maximum Gasteiger partial charge on any atom is 0.193 e. The van der Waals surface area contributed by atoms with Crippen LogP contribution in [0.2, 0.25) is 0 Å². The quantitative estimate of drug-likeness (QED) is 0.829. The standard InChI is InChI=1S/C11H13N3S2/c1-2-12-6-9-7-13-11(14-8-9)16-10-4-3-5-15-10/h3-5,7-8,12H,2,6H2,1H3. The molecule has 2 heterocycles. The molecule has 1 N–H and O–H groups in total. The van der Waals surface area contributed by atoms with Gasteiger partial charge in [0.25, 0.3) is 0 Å². The van der Waals surface area contributed by atoms with Crippen molar-refractivity contribution in [3.8, 4) is 0 Å². The molecule has 0 aliphatic heterocycles. The molecule has 3 nitrogen and oxygen atoms in total. The SMILES string of the molecule is CCNCc1cnc(Sc2cccs2)nc1. The summed E-state index contributed by atoms with van der Waals surface area (Å²) in [6.45, 7) is 3.88. The Hall–Kier alpha value is -0.910. The van der Waals surface area contributed by atoms with Crippen LogP contribution in [0.15, 0.2) is 39.3 Å². The molecular formula is C11H13N3S2. The molecule has 0 amide bonds. The maximum atomic E-state index is 4.32. The molecule has 0 unspecified atom stereocenters. The highest BCUT2D eigenvalue weighted by molar-refractivity contribution is 8.01. The smallest absolute Gasteiger partial charge is 0.193 e. The van der Waals surface area contributed by atoms with Crippen molar-refractivity contribution < 1.29 is 0 Å². The summed E-state index contributed by atoms with van der Waals surface area (Å²) in [4.78, 5) is 8.65. The van der Waals surface area contributed by atoms with E-state index in [2.05, 4.69) is 33.7 Å². The highest BCUT2D eigenvalue weighted by Crippen LogP contribution is 2.28. The molecule has 5 heteroatoms. The Morgan fingerprint density at radius 3 is 2.81 bits per heavy atom. The molecular weight excluding hydrogens is 238 g/mol. The summed E-state index contributed by atoms with van der Waals surface area (Å²) in [6, 6.07) is 4.11. The van der Waals surface area contributed by atoms with Crippen molar-refractivity contribution in [1.82, 2.24) is 15.3 Å². The average Bonchev–Trinajstić information content (AvgIpc) is 2.81. The Balaban J connectivity index is 1.96. The number of aromatic nitrogens is 2. The molecule has 0 aliphatic carbocycles. The van der Waals surface area contributed by atoms with Crippen LogP contribution in [0.5, 0.6) is 0 Å². The largest absolute Gasteiger partial charge is 0.313 e. The van der Waals surface area contributed by atoms with Crippen LogP contribution in [0, 0.1) is 0 Å². The Morgan fingerprint density at radius 1 is 1.38 bits per heavy atom. The molecule has 0 atom stereocenters. The van der Waals surface area contributed by atoms with Gasteiger partial charge in [0.1, 0.15) is 0 Å². The molecule has 0 spiro atoms. The van der Waals surface area contributed by atoms with Crippen molar-refractivity contribution in [2.75, 3.05) is 6.54 Å². The Morgan fingerprint density at radius 2 is 2.19 bits per heavy atom. The normalized spacial score (nSPS) is 10.6. The van der Waals surface area contributed by atoms with Gasteiger partial charge in [-0.15, -0.1) is 11.3 Å². The van der Waals surface area contributed by atoms with Gasteiger partial charge in [0.15, 0.2) is 5.16 Å². The lowest BCUT2D eigenvalue weighted by atomic mass is 10.3. The zero-order valence-electron chi connectivity index (χ0n) is 9.01. The summed E-state index contributed by atoms with van der Waals surface area (Å²) < 4.78 is 1.22. The summed E-state index contributed by atoms with van der Waals surface area (Å²) in [5.41, 5.74) is 1.12. The number of rotatable bonds is 5. The van der Waals surface area contributed by atoms with E-state index in [1.54, 1.807) is 23.1 Å². The van der Waals surface area contributed by atoms with E-state index in [9.17, 15) is 0 Å². The molecule has 0 bridgehead atoms. The van der Waals surface area contributed by atoms with E-state index < -0.39 is 0 Å². The summed E-state index contributed by atoms with van der Waals surface area (Å²) in [5.74, 6) is 0. The predicted octanol–water partition coefficient (Wildman–Crippen LogP) is 2.80. The number of thiophene rings is 1. The molecule has 84 valence electrons.